The Kier molecular flexibility index (Phi) is 2.48. The maximum absolute atomic E-state index is 11.1. The fourth-order valence-electron chi connectivity index (χ4n) is 1.90. The minimum absolute atomic E-state index is 0.157. The molecule has 0 amide bonds. The van der Waals surface area contributed by atoms with Gasteiger partial charge in [-0.3, -0.25) is 0 Å². The number of ether oxygens (including phenoxy) is 1. The van der Waals surface area contributed by atoms with Gasteiger partial charge in [0.05, 0.1) is 18.2 Å². The van der Waals surface area contributed by atoms with Gasteiger partial charge in [-0.1, -0.05) is 0 Å². The Morgan fingerprint density at radius 1 is 1.53 bits per heavy atom. The lowest BCUT2D eigenvalue weighted by Gasteiger charge is -2.06. The Labute approximate surface area is 97.5 Å². The summed E-state index contributed by atoms with van der Waals surface area (Å²) in [4.78, 5) is 11.1. The average Bonchev–Trinajstić information content (AvgIpc) is 2.65. The van der Waals surface area contributed by atoms with Crippen LogP contribution in [0.2, 0.25) is 0 Å². The summed E-state index contributed by atoms with van der Waals surface area (Å²) < 4.78 is 6.72. The topological polar surface area (TPSA) is 75.2 Å². The summed E-state index contributed by atoms with van der Waals surface area (Å²) in [7, 11) is 3.17. The summed E-state index contributed by atoms with van der Waals surface area (Å²) in [6, 6.07) is 6.71. The zero-order valence-corrected chi connectivity index (χ0v) is 9.39. The highest BCUT2D eigenvalue weighted by molar-refractivity contribution is 6.05. The number of aryl methyl sites for hydroxylation is 1. The summed E-state index contributed by atoms with van der Waals surface area (Å²) in [6.45, 7) is 0. The molecule has 0 saturated carbocycles. The van der Waals surface area contributed by atoms with Gasteiger partial charge in [-0.2, -0.15) is 5.26 Å². The summed E-state index contributed by atoms with van der Waals surface area (Å²) in [5.74, 6) is -0.467. The van der Waals surface area contributed by atoms with Crippen LogP contribution in [0.5, 0.6) is 5.75 Å². The van der Waals surface area contributed by atoms with E-state index in [0.717, 1.165) is 0 Å². The quantitative estimate of drug-likeness (QED) is 0.852. The first-order chi connectivity index (χ1) is 8.10. The second kappa shape index (κ2) is 3.83. The van der Waals surface area contributed by atoms with Crippen molar-refractivity contribution < 1.29 is 14.6 Å². The monoisotopic (exact) mass is 230 g/mol. The molecule has 17 heavy (non-hydrogen) atoms. The highest BCUT2D eigenvalue weighted by atomic mass is 16.5. The largest absolute Gasteiger partial charge is 0.496 e. The number of fused-ring (bicyclic) bond motifs is 1. The van der Waals surface area contributed by atoms with E-state index in [2.05, 4.69) is 0 Å². The first-order valence-corrected chi connectivity index (χ1v) is 4.90. The molecule has 0 aliphatic carbocycles. The van der Waals surface area contributed by atoms with E-state index in [1.165, 1.54) is 13.2 Å². The number of aromatic carboxylic acids is 1. The summed E-state index contributed by atoms with van der Waals surface area (Å²) in [5, 5.41) is 18.7. The van der Waals surface area contributed by atoms with Crippen molar-refractivity contribution in [2.24, 2.45) is 7.05 Å². The third-order valence-electron chi connectivity index (χ3n) is 2.72. The number of methoxy groups -OCH3 is 1. The van der Waals surface area contributed by atoms with E-state index in [0.29, 0.717) is 22.3 Å². The van der Waals surface area contributed by atoms with Gasteiger partial charge in [0, 0.05) is 12.4 Å². The Bertz CT molecular complexity index is 650. The van der Waals surface area contributed by atoms with Crippen LogP contribution in [0.3, 0.4) is 0 Å². The molecule has 2 aromatic rings. The fraction of sp³-hybridized carbons (Fsp3) is 0.167. The molecule has 0 saturated heterocycles. The van der Waals surface area contributed by atoms with Crippen LogP contribution in [0.25, 0.3) is 10.9 Å². The van der Waals surface area contributed by atoms with Crippen molar-refractivity contribution in [3.05, 3.63) is 29.5 Å². The predicted octanol–water partition coefficient (Wildman–Crippen LogP) is 1.76. The van der Waals surface area contributed by atoms with E-state index in [9.17, 15) is 4.79 Å². The molecule has 0 aliphatic heterocycles. The molecular weight excluding hydrogens is 220 g/mol. The van der Waals surface area contributed by atoms with E-state index < -0.39 is 5.97 Å². The Morgan fingerprint density at radius 2 is 2.24 bits per heavy atom. The lowest BCUT2D eigenvalue weighted by Crippen LogP contribution is -2.02. The van der Waals surface area contributed by atoms with E-state index in [1.807, 2.05) is 6.07 Å². The third-order valence-corrected chi connectivity index (χ3v) is 2.72. The number of carboxylic acid groups (broad SMARTS) is 1. The van der Waals surface area contributed by atoms with Gasteiger partial charge in [-0.15, -0.1) is 0 Å². The minimum Gasteiger partial charge on any atom is -0.496 e. The molecule has 0 unspecified atom stereocenters. The van der Waals surface area contributed by atoms with E-state index in [1.54, 1.807) is 23.7 Å². The average molecular weight is 230 g/mol. The number of hydrogen-bond donors (Lipinski definition) is 1. The molecule has 1 aromatic heterocycles. The number of nitrogens with zero attached hydrogens (tertiary/aromatic N) is 2. The van der Waals surface area contributed by atoms with Gasteiger partial charge >= 0.3 is 5.97 Å². The van der Waals surface area contributed by atoms with E-state index >= 15 is 0 Å². The van der Waals surface area contributed by atoms with Crippen LogP contribution in [0.1, 0.15) is 16.1 Å². The van der Waals surface area contributed by atoms with Gasteiger partial charge in [0.15, 0.2) is 0 Å². The summed E-state index contributed by atoms with van der Waals surface area (Å²) in [6.07, 6.45) is 0. The molecule has 1 N–H and O–H groups in total. The van der Waals surface area contributed by atoms with Crippen LogP contribution in [0, 0.1) is 11.3 Å². The number of carbonyl (C=O) groups is 1. The molecule has 0 fully saturated rings. The third kappa shape index (κ3) is 1.51. The first kappa shape index (κ1) is 11.0. The van der Waals surface area contributed by atoms with Crippen molar-refractivity contribution in [1.29, 1.82) is 5.26 Å². The van der Waals surface area contributed by atoms with Crippen molar-refractivity contribution in [2.45, 2.75) is 0 Å². The molecule has 0 radical (unpaired) electrons. The summed E-state index contributed by atoms with van der Waals surface area (Å²) >= 11 is 0. The normalized spacial score (nSPS) is 10.2. The van der Waals surface area contributed by atoms with Gasteiger partial charge < -0.3 is 14.4 Å². The minimum atomic E-state index is -1.02. The second-order valence-electron chi connectivity index (χ2n) is 3.58. The van der Waals surface area contributed by atoms with Crippen LogP contribution >= 0.6 is 0 Å². The second-order valence-corrected chi connectivity index (χ2v) is 3.58. The number of rotatable bonds is 2. The number of hydrogen-bond acceptors (Lipinski definition) is 3. The lowest BCUT2D eigenvalue weighted by atomic mass is 10.1. The predicted molar refractivity (Wildman–Crippen MR) is 61.1 cm³/mol. The highest BCUT2D eigenvalue weighted by Gasteiger charge is 2.17. The Morgan fingerprint density at radius 3 is 2.76 bits per heavy atom. The SMILES string of the molecule is COc1ccc(C(=O)O)c2c1cc(C#N)n2C. The van der Waals surface area contributed by atoms with E-state index in [-0.39, 0.29) is 5.56 Å². The van der Waals surface area contributed by atoms with Crippen LogP contribution in [0.4, 0.5) is 0 Å². The van der Waals surface area contributed by atoms with Crippen molar-refractivity contribution in [3.8, 4) is 11.8 Å². The van der Waals surface area contributed by atoms with Gasteiger partial charge in [0.2, 0.25) is 0 Å². The van der Waals surface area contributed by atoms with Gasteiger partial charge in [0.25, 0.3) is 0 Å². The maximum atomic E-state index is 11.1. The fourth-order valence-corrected chi connectivity index (χ4v) is 1.90. The molecule has 86 valence electrons. The van der Waals surface area contributed by atoms with Crippen molar-refractivity contribution in [1.82, 2.24) is 4.57 Å². The zero-order chi connectivity index (χ0) is 12.6. The molecule has 5 nitrogen and oxygen atoms in total. The van der Waals surface area contributed by atoms with Crippen molar-refractivity contribution in [3.63, 3.8) is 0 Å². The number of carboxylic acids is 1. The maximum Gasteiger partial charge on any atom is 0.337 e. The standard InChI is InChI=1S/C12H10N2O3/c1-14-7(6-13)5-9-10(17-2)4-3-8(11(9)14)12(15)16/h3-5H,1-2H3,(H,15,16). The number of aromatic nitrogens is 1. The Hall–Kier alpha value is -2.48. The number of benzene rings is 1. The van der Waals surface area contributed by atoms with Crippen LogP contribution in [0.15, 0.2) is 18.2 Å². The first-order valence-electron chi connectivity index (χ1n) is 4.90. The molecule has 1 aromatic carbocycles. The van der Waals surface area contributed by atoms with Crippen LogP contribution in [-0.4, -0.2) is 22.8 Å². The molecule has 0 spiro atoms. The van der Waals surface area contributed by atoms with Gasteiger partial charge in [0.1, 0.15) is 17.5 Å². The molecule has 0 bridgehead atoms. The Balaban J connectivity index is 2.94. The molecule has 5 heteroatoms. The molecular formula is C12H10N2O3. The van der Waals surface area contributed by atoms with Crippen LogP contribution < -0.4 is 4.74 Å². The molecule has 1 heterocycles. The molecule has 0 atom stereocenters. The number of nitriles is 1. The smallest absolute Gasteiger partial charge is 0.337 e. The van der Waals surface area contributed by atoms with Crippen molar-refractivity contribution in [2.75, 3.05) is 7.11 Å². The molecule has 0 aliphatic rings. The van der Waals surface area contributed by atoms with Crippen molar-refractivity contribution >= 4 is 16.9 Å². The van der Waals surface area contributed by atoms with E-state index in [4.69, 9.17) is 15.1 Å². The summed E-state index contributed by atoms with van der Waals surface area (Å²) in [5.41, 5.74) is 1.05. The van der Waals surface area contributed by atoms with Gasteiger partial charge in [-0.05, 0) is 18.2 Å². The van der Waals surface area contributed by atoms with Gasteiger partial charge in [-0.25, -0.2) is 4.79 Å². The zero-order valence-electron chi connectivity index (χ0n) is 9.39. The lowest BCUT2D eigenvalue weighted by molar-refractivity contribution is 0.0698. The molecule has 2 rings (SSSR count). The van der Waals surface area contributed by atoms with Crippen LogP contribution in [-0.2, 0) is 7.05 Å². The highest BCUT2D eigenvalue weighted by Crippen LogP contribution is 2.30.